The summed E-state index contributed by atoms with van der Waals surface area (Å²) >= 11 is 0. The minimum atomic E-state index is -4.47. The third-order valence-corrected chi connectivity index (χ3v) is 6.12. The Hall–Kier alpha value is -1.82. The van der Waals surface area contributed by atoms with E-state index >= 15 is 0 Å². The van der Waals surface area contributed by atoms with Gasteiger partial charge in [0, 0.05) is 5.69 Å². The topological polar surface area (TPSA) is 47.6 Å². The van der Waals surface area contributed by atoms with E-state index in [4.69, 9.17) is 9.05 Å². The number of benzene rings is 2. The number of halogens is 3. The van der Waals surface area contributed by atoms with E-state index in [0.29, 0.717) is 5.56 Å². The van der Waals surface area contributed by atoms with Crippen molar-refractivity contribution in [3.8, 4) is 0 Å². The second-order valence-corrected chi connectivity index (χ2v) is 8.02. The molecule has 0 bridgehead atoms. The molecule has 2 aromatic rings. The molecule has 1 atom stereocenters. The van der Waals surface area contributed by atoms with Crippen LogP contribution in [-0.4, -0.2) is 13.2 Å². The van der Waals surface area contributed by atoms with Crippen LogP contribution in [0.2, 0.25) is 0 Å². The molecule has 0 aromatic heterocycles. The summed E-state index contributed by atoms with van der Waals surface area (Å²) in [5.74, 6) is -0.943. The van der Waals surface area contributed by atoms with Gasteiger partial charge in [-0.1, -0.05) is 35.9 Å². The van der Waals surface area contributed by atoms with Gasteiger partial charge in [0.25, 0.3) is 0 Å². The molecule has 0 radical (unpaired) electrons. The molecule has 2 rings (SSSR count). The van der Waals surface area contributed by atoms with E-state index in [1.807, 2.05) is 19.1 Å². The summed E-state index contributed by atoms with van der Waals surface area (Å²) in [7, 11) is -3.68. The summed E-state index contributed by atoms with van der Waals surface area (Å²) in [4.78, 5) is 0. The van der Waals surface area contributed by atoms with E-state index in [2.05, 4.69) is 5.32 Å². The van der Waals surface area contributed by atoms with Crippen molar-refractivity contribution >= 4 is 13.3 Å². The van der Waals surface area contributed by atoms with Gasteiger partial charge >= 0.3 is 13.8 Å². The van der Waals surface area contributed by atoms with Crippen LogP contribution >= 0.6 is 7.60 Å². The lowest BCUT2D eigenvalue weighted by atomic mass is 10.1. The van der Waals surface area contributed by atoms with Crippen LogP contribution in [0.1, 0.15) is 36.3 Å². The van der Waals surface area contributed by atoms with Crippen LogP contribution in [0.15, 0.2) is 48.5 Å². The molecule has 0 aliphatic rings. The van der Waals surface area contributed by atoms with Gasteiger partial charge in [-0.25, -0.2) is 0 Å². The summed E-state index contributed by atoms with van der Waals surface area (Å²) in [6, 6.07) is 11.9. The molecule has 2 aromatic carbocycles. The third-order valence-electron chi connectivity index (χ3n) is 3.82. The maximum absolute atomic E-state index is 13.4. The van der Waals surface area contributed by atoms with Crippen molar-refractivity contribution in [1.82, 2.24) is 0 Å². The first-order valence-corrected chi connectivity index (χ1v) is 10.2. The van der Waals surface area contributed by atoms with Crippen molar-refractivity contribution in [1.29, 1.82) is 0 Å². The minimum absolute atomic E-state index is 0.143. The standard InChI is InChI=1S/C19H23F3NO3P/c1-4-25-27(24,26-5-2)18(15-11-9-14(3)10-12-15)23-17-8-6-7-16(13-17)19(20,21)22/h6-13,18,23H,4-5H2,1-3H3/t18-/m0/s1. The highest BCUT2D eigenvalue weighted by Crippen LogP contribution is 2.60. The summed E-state index contributed by atoms with van der Waals surface area (Å²) < 4.78 is 63.3. The van der Waals surface area contributed by atoms with Crippen molar-refractivity contribution in [2.24, 2.45) is 0 Å². The Morgan fingerprint density at radius 1 is 1.04 bits per heavy atom. The molecular weight excluding hydrogens is 378 g/mol. The van der Waals surface area contributed by atoms with Gasteiger partial charge in [-0.2, -0.15) is 13.2 Å². The van der Waals surface area contributed by atoms with Crippen LogP contribution in [-0.2, 0) is 19.8 Å². The normalized spacial score (nSPS) is 13.4. The maximum Gasteiger partial charge on any atom is 0.416 e. The molecule has 0 aliphatic carbocycles. The van der Waals surface area contributed by atoms with Crippen molar-refractivity contribution in [3.63, 3.8) is 0 Å². The van der Waals surface area contributed by atoms with Crippen molar-refractivity contribution in [2.75, 3.05) is 18.5 Å². The lowest BCUT2D eigenvalue weighted by Crippen LogP contribution is -2.16. The van der Waals surface area contributed by atoms with Gasteiger partial charge in [-0.15, -0.1) is 0 Å². The fraction of sp³-hybridized carbons (Fsp3) is 0.368. The lowest BCUT2D eigenvalue weighted by molar-refractivity contribution is -0.137. The zero-order valence-corrected chi connectivity index (χ0v) is 16.3. The molecule has 148 valence electrons. The Kier molecular flexibility index (Phi) is 7.09. The number of anilines is 1. The Morgan fingerprint density at radius 3 is 2.15 bits per heavy atom. The highest BCUT2D eigenvalue weighted by molar-refractivity contribution is 7.54. The van der Waals surface area contributed by atoms with Gasteiger partial charge in [0.2, 0.25) is 0 Å². The van der Waals surface area contributed by atoms with Crippen LogP contribution in [0.4, 0.5) is 18.9 Å². The molecule has 0 saturated carbocycles. The van der Waals surface area contributed by atoms with E-state index < -0.39 is 25.1 Å². The van der Waals surface area contributed by atoms with Crippen molar-refractivity contribution < 1.29 is 26.8 Å². The first kappa shape index (κ1) is 21.5. The molecule has 0 saturated heterocycles. The van der Waals surface area contributed by atoms with Crippen molar-refractivity contribution in [3.05, 3.63) is 65.2 Å². The number of hydrogen-bond donors (Lipinski definition) is 1. The van der Waals surface area contributed by atoms with Gasteiger partial charge in [-0.3, -0.25) is 4.57 Å². The number of rotatable bonds is 8. The van der Waals surface area contributed by atoms with E-state index in [1.54, 1.807) is 26.0 Å². The summed E-state index contributed by atoms with van der Waals surface area (Å²) in [5, 5.41) is 2.92. The van der Waals surface area contributed by atoms with Crippen LogP contribution in [0.3, 0.4) is 0 Å². The number of alkyl halides is 3. The molecule has 8 heteroatoms. The predicted octanol–water partition coefficient (Wildman–Crippen LogP) is 6.39. The van der Waals surface area contributed by atoms with Gasteiger partial charge < -0.3 is 14.4 Å². The molecule has 0 spiro atoms. The largest absolute Gasteiger partial charge is 0.416 e. The first-order valence-electron chi connectivity index (χ1n) is 8.58. The van der Waals surface area contributed by atoms with Gasteiger partial charge in [0.15, 0.2) is 5.78 Å². The molecule has 0 heterocycles. The minimum Gasteiger partial charge on any atom is -0.368 e. The van der Waals surface area contributed by atoms with E-state index in [-0.39, 0.29) is 18.9 Å². The maximum atomic E-state index is 13.4. The third kappa shape index (κ3) is 5.58. The SMILES string of the molecule is CCOP(=O)(OCC)[C@H](Nc1cccc(C(F)(F)F)c1)c1ccc(C)cc1. The number of nitrogens with one attached hydrogen (secondary N) is 1. The Bertz CT molecular complexity index is 784. The first-order chi connectivity index (χ1) is 12.7. The Morgan fingerprint density at radius 2 is 1.63 bits per heavy atom. The molecule has 0 aliphatic heterocycles. The molecule has 0 fully saturated rings. The predicted molar refractivity (Wildman–Crippen MR) is 99.8 cm³/mol. The van der Waals surface area contributed by atoms with E-state index in [1.165, 1.54) is 12.1 Å². The monoisotopic (exact) mass is 401 g/mol. The Balaban J connectivity index is 2.47. The quantitative estimate of drug-likeness (QED) is 0.521. The van der Waals surface area contributed by atoms with Gasteiger partial charge in [0.1, 0.15) is 0 Å². The van der Waals surface area contributed by atoms with Gasteiger partial charge in [-0.05, 0) is 44.5 Å². The van der Waals surface area contributed by atoms with Gasteiger partial charge in [0.05, 0.1) is 18.8 Å². The zero-order chi connectivity index (χ0) is 20.1. The van der Waals surface area contributed by atoms with Crippen LogP contribution in [0, 0.1) is 6.92 Å². The van der Waals surface area contributed by atoms with Crippen molar-refractivity contribution in [2.45, 2.75) is 32.7 Å². The molecular formula is C19H23F3NO3P. The molecule has 0 unspecified atom stereocenters. The summed E-state index contributed by atoms with van der Waals surface area (Å²) in [6.07, 6.45) is -4.47. The summed E-state index contributed by atoms with van der Waals surface area (Å²) in [6.45, 7) is 5.56. The van der Waals surface area contributed by atoms with Crippen LogP contribution < -0.4 is 5.32 Å². The van der Waals surface area contributed by atoms with E-state index in [9.17, 15) is 17.7 Å². The second-order valence-electron chi connectivity index (χ2n) is 5.91. The average Bonchev–Trinajstić information content (AvgIpc) is 2.60. The smallest absolute Gasteiger partial charge is 0.368 e. The van der Waals surface area contributed by atoms with E-state index in [0.717, 1.165) is 17.7 Å². The molecule has 27 heavy (non-hydrogen) atoms. The second kappa shape index (κ2) is 8.91. The highest BCUT2D eigenvalue weighted by Gasteiger charge is 2.37. The fourth-order valence-corrected chi connectivity index (χ4v) is 4.52. The Labute approximate surface area is 157 Å². The number of hydrogen-bond acceptors (Lipinski definition) is 4. The lowest BCUT2D eigenvalue weighted by Gasteiger charge is -2.28. The highest BCUT2D eigenvalue weighted by atomic mass is 31.2. The molecule has 0 amide bonds. The summed E-state index contributed by atoms with van der Waals surface area (Å²) in [5.41, 5.74) is 0.982. The van der Waals surface area contributed by atoms with Crippen LogP contribution in [0.5, 0.6) is 0 Å². The molecule has 4 nitrogen and oxygen atoms in total. The number of aryl methyl sites for hydroxylation is 1. The van der Waals surface area contributed by atoms with Crippen LogP contribution in [0.25, 0.3) is 0 Å². The zero-order valence-electron chi connectivity index (χ0n) is 15.4. The fourth-order valence-electron chi connectivity index (χ4n) is 2.58. The molecule has 1 N–H and O–H groups in total. The average molecular weight is 401 g/mol.